The summed E-state index contributed by atoms with van der Waals surface area (Å²) in [6.45, 7) is 0. The number of non-ortho nitro benzene ring substituents is 1. The highest BCUT2D eigenvalue weighted by Crippen LogP contribution is 2.31. The molecule has 0 bridgehead atoms. The number of thiazole rings is 1. The van der Waals surface area contributed by atoms with E-state index in [-0.39, 0.29) is 5.69 Å². The van der Waals surface area contributed by atoms with Gasteiger partial charge in [-0.25, -0.2) is 4.98 Å². The third kappa shape index (κ3) is 3.46. The fourth-order valence-corrected chi connectivity index (χ4v) is 4.19. The van der Waals surface area contributed by atoms with Crippen LogP contribution in [0.5, 0.6) is 0 Å². The Hall–Kier alpha value is -3.61. The lowest BCUT2D eigenvalue weighted by atomic mass is 10.1. The van der Waals surface area contributed by atoms with Gasteiger partial charge in [0.25, 0.3) is 5.69 Å². The molecular formula is C19H11N5O2S2. The summed E-state index contributed by atoms with van der Waals surface area (Å²) in [6, 6.07) is 12.4. The van der Waals surface area contributed by atoms with Gasteiger partial charge in [-0.3, -0.25) is 15.2 Å². The summed E-state index contributed by atoms with van der Waals surface area (Å²) in [4.78, 5) is 16.2. The predicted octanol–water partition coefficient (Wildman–Crippen LogP) is 5.23. The third-order valence-corrected chi connectivity index (χ3v) is 5.71. The first-order chi connectivity index (χ1) is 13.7. The Balaban J connectivity index is 1.71. The molecule has 0 radical (unpaired) electrons. The molecule has 0 amide bonds. The van der Waals surface area contributed by atoms with Gasteiger partial charge in [-0.1, -0.05) is 18.2 Å². The van der Waals surface area contributed by atoms with Gasteiger partial charge in [-0.2, -0.15) is 10.4 Å². The van der Waals surface area contributed by atoms with Crippen LogP contribution in [-0.2, 0) is 0 Å². The molecule has 136 valence electrons. The van der Waals surface area contributed by atoms with E-state index in [2.05, 4.69) is 21.3 Å². The van der Waals surface area contributed by atoms with Crippen LogP contribution in [0.1, 0.15) is 10.6 Å². The molecule has 0 unspecified atom stereocenters. The number of nitriles is 1. The molecule has 0 atom stereocenters. The number of hydrogen-bond donors (Lipinski definition) is 1. The Bertz CT molecular complexity index is 1220. The van der Waals surface area contributed by atoms with Crippen molar-refractivity contribution in [2.24, 2.45) is 0 Å². The number of allylic oxidation sites excluding steroid dienone is 1. The molecule has 0 aliphatic heterocycles. The van der Waals surface area contributed by atoms with E-state index >= 15 is 0 Å². The SMILES string of the molecule is N#C/C(=C/c1cn[nH]c1-c1cccc([N+](=O)[O-])c1)c1nc(-c2cccs2)cs1. The lowest BCUT2D eigenvalue weighted by Crippen LogP contribution is -1.89. The average Bonchev–Trinajstić information content (AvgIpc) is 3.47. The number of thiophene rings is 1. The van der Waals surface area contributed by atoms with Crippen molar-refractivity contribution in [1.82, 2.24) is 15.2 Å². The van der Waals surface area contributed by atoms with Gasteiger partial charge in [-0.05, 0) is 17.5 Å². The van der Waals surface area contributed by atoms with E-state index in [4.69, 9.17) is 0 Å². The molecule has 0 spiro atoms. The van der Waals surface area contributed by atoms with Gasteiger partial charge in [0.15, 0.2) is 0 Å². The Morgan fingerprint density at radius 1 is 1.29 bits per heavy atom. The van der Waals surface area contributed by atoms with Crippen molar-refractivity contribution < 1.29 is 4.92 Å². The molecule has 4 aromatic rings. The summed E-state index contributed by atoms with van der Waals surface area (Å²) < 4.78 is 0. The minimum Gasteiger partial charge on any atom is -0.277 e. The molecule has 9 heteroatoms. The van der Waals surface area contributed by atoms with Gasteiger partial charge in [0.1, 0.15) is 11.1 Å². The smallest absolute Gasteiger partial charge is 0.270 e. The average molecular weight is 405 g/mol. The second-order valence-electron chi connectivity index (χ2n) is 5.69. The van der Waals surface area contributed by atoms with Crippen LogP contribution in [0.3, 0.4) is 0 Å². The topological polar surface area (TPSA) is 108 Å². The number of nitro groups is 1. The quantitative estimate of drug-likeness (QED) is 0.278. The van der Waals surface area contributed by atoms with E-state index in [1.54, 1.807) is 35.7 Å². The Morgan fingerprint density at radius 2 is 2.18 bits per heavy atom. The van der Waals surface area contributed by atoms with E-state index in [0.29, 0.717) is 27.4 Å². The van der Waals surface area contributed by atoms with Crippen molar-refractivity contribution in [3.05, 3.63) is 74.0 Å². The van der Waals surface area contributed by atoms with Crippen LogP contribution in [0.4, 0.5) is 5.69 Å². The Morgan fingerprint density at radius 3 is 2.93 bits per heavy atom. The number of benzene rings is 1. The zero-order valence-corrected chi connectivity index (χ0v) is 15.8. The number of aromatic nitrogens is 3. The first kappa shape index (κ1) is 17.8. The number of H-pyrrole nitrogens is 1. The second-order valence-corrected chi connectivity index (χ2v) is 7.50. The van der Waals surface area contributed by atoms with E-state index in [0.717, 1.165) is 10.6 Å². The van der Waals surface area contributed by atoms with E-state index in [1.807, 2.05) is 22.9 Å². The van der Waals surface area contributed by atoms with Crippen LogP contribution in [0, 0.1) is 21.4 Å². The summed E-state index contributed by atoms with van der Waals surface area (Å²) in [5.74, 6) is 0. The maximum atomic E-state index is 11.0. The molecular weight excluding hydrogens is 394 g/mol. The van der Waals surface area contributed by atoms with Crippen molar-refractivity contribution >= 4 is 40.0 Å². The normalized spacial score (nSPS) is 11.3. The number of aromatic amines is 1. The molecule has 7 nitrogen and oxygen atoms in total. The van der Waals surface area contributed by atoms with E-state index in [9.17, 15) is 15.4 Å². The van der Waals surface area contributed by atoms with Crippen LogP contribution < -0.4 is 0 Å². The van der Waals surface area contributed by atoms with Crippen LogP contribution in [-0.4, -0.2) is 20.1 Å². The van der Waals surface area contributed by atoms with Gasteiger partial charge >= 0.3 is 0 Å². The zero-order chi connectivity index (χ0) is 19.5. The molecule has 3 heterocycles. The molecule has 4 rings (SSSR count). The maximum absolute atomic E-state index is 11.0. The van der Waals surface area contributed by atoms with Gasteiger partial charge in [-0.15, -0.1) is 22.7 Å². The minimum absolute atomic E-state index is 0.0111. The summed E-state index contributed by atoms with van der Waals surface area (Å²) in [5, 5.41) is 32.1. The van der Waals surface area contributed by atoms with Crippen molar-refractivity contribution in [2.75, 3.05) is 0 Å². The van der Waals surface area contributed by atoms with Gasteiger partial charge in [0.2, 0.25) is 0 Å². The first-order valence-corrected chi connectivity index (χ1v) is 9.81. The van der Waals surface area contributed by atoms with E-state index < -0.39 is 4.92 Å². The Labute approximate surface area is 167 Å². The second kappa shape index (κ2) is 7.56. The largest absolute Gasteiger partial charge is 0.277 e. The predicted molar refractivity (Wildman–Crippen MR) is 110 cm³/mol. The number of nitro benzene ring substituents is 1. The summed E-state index contributed by atoms with van der Waals surface area (Å²) in [6.07, 6.45) is 3.27. The molecule has 1 aromatic carbocycles. The summed E-state index contributed by atoms with van der Waals surface area (Å²) >= 11 is 2.98. The van der Waals surface area contributed by atoms with Crippen LogP contribution in [0.15, 0.2) is 53.4 Å². The lowest BCUT2D eigenvalue weighted by Gasteiger charge is -2.01. The first-order valence-electron chi connectivity index (χ1n) is 8.05. The summed E-state index contributed by atoms with van der Waals surface area (Å²) in [7, 11) is 0. The van der Waals surface area contributed by atoms with Crippen LogP contribution in [0.25, 0.3) is 33.5 Å². The highest BCUT2D eigenvalue weighted by Gasteiger charge is 2.14. The molecule has 0 fully saturated rings. The van der Waals surface area contributed by atoms with Crippen LogP contribution >= 0.6 is 22.7 Å². The van der Waals surface area contributed by atoms with Crippen molar-refractivity contribution in [2.45, 2.75) is 0 Å². The third-order valence-electron chi connectivity index (χ3n) is 3.94. The Kier molecular flexibility index (Phi) is 4.80. The van der Waals surface area contributed by atoms with Crippen molar-refractivity contribution in [3.8, 4) is 27.9 Å². The van der Waals surface area contributed by atoms with E-state index in [1.165, 1.54) is 23.5 Å². The molecule has 0 saturated heterocycles. The highest BCUT2D eigenvalue weighted by molar-refractivity contribution is 7.14. The van der Waals surface area contributed by atoms with Gasteiger partial charge in [0, 0.05) is 28.6 Å². The molecule has 3 aromatic heterocycles. The lowest BCUT2D eigenvalue weighted by molar-refractivity contribution is -0.384. The molecule has 28 heavy (non-hydrogen) atoms. The van der Waals surface area contributed by atoms with Gasteiger partial charge in [0.05, 0.1) is 33.0 Å². The monoisotopic (exact) mass is 405 g/mol. The molecule has 0 aliphatic carbocycles. The summed E-state index contributed by atoms with van der Waals surface area (Å²) in [5.41, 5.74) is 3.11. The maximum Gasteiger partial charge on any atom is 0.270 e. The van der Waals surface area contributed by atoms with Gasteiger partial charge < -0.3 is 0 Å². The molecule has 1 N–H and O–H groups in total. The number of hydrogen-bond acceptors (Lipinski definition) is 7. The van der Waals surface area contributed by atoms with Crippen LogP contribution in [0.2, 0.25) is 0 Å². The van der Waals surface area contributed by atoms with Crippen molar-refractivity contribution in [1.29, 1.82) is 5.26 Å². The standard InChI is InChI=1S/C19H11N5O2S2/c20-9-13(19-22-16(11-28-19)17-5-2-6-27-17)7-14-10-21-23-18(14)12-3-1-4-15(8-12)24(25)26/h1-8,10-11H,(H,21,23)/b13-7-. The number of nitrogens with one attached hydrogen (secondary N) is 1. The fraction of sp³-hybridized carbons (Fsp3) is 0. The molecule has 0 saturated carbocycles. The highest BCUT2D eigenvalue weighted by atomic mass is 32.1. The fourth-order valence-electron chi connectivity index (χ4n) is 2.64. The number of rotatable bonds is 5. The number of nitrogens with zero attached hydrogens (tertiary/aromatic N) is 4. The minimum atomic E-state index is -0.447. The molecule has 0 aliphatic rings. The van der Waals surface area contributed by atoms with Crippen molar-refractivity contribution in [3.63, 3.8) is 0 Å². The zero-order valence-electron chi connectivity index (χ0n) is 14.2.